The molecule has 0 spiro atoms. The lowest BCUT2D eigenvalue weighted by Gasteiger charge is -2.16. The van der Waals surface area contributed by atoms with Crippen molar-refractivity contribution in [2.75, 3.05) is 13.7 Å². The van der Waals surface area contributed by atoms with Crippen LogP contribution in [0.5, 0.6) is 5.75 Å². The highest BCUT2D eigenvalue weighted by molar-refractivity contribution is 5.97. The summed E-state index contributed by atoms with van der Waals surface area (Å²) in [5, 5.41) is 8.81. The Morgan fingerprint density at radius 3 is 2.82 bits per heavy atom. The van der Waals surface area contributed by atoms with E-state index in [1.807, 2.05) is 6.07 Å². The highest BCUT2D eigenvalue weighted by atomic mass is 16.5. The van der Waals surface area contributed by atoms with Crippen molar-refractivity contribution in [1.29, 1.82) is 0 Å². The highest BCUT2D eigenvalue weighted by Crippen LogP contribution is 2.55. The molecule has 1 aromatic carbocycles. The van der Waals surface area contributed by atoms with Crippen LogP contribution in [0.1, 0.15) is 24.8 Å². The summed E-state index contributed by atoms with van der Waals surface area (Å²) in [6.45, 7) is 0.676. The molecule has 2 N–H and O–H groups in total. The molecule has 0 aliphatic heterocycles. The fraction of sp³-hybridized carbons (Fsp3) is 0.500. The Morgan fingerprint density at radius 1 is 1.41 bits per heavy atom. The van der Waals surface area contributed by atoms with Crippen molar-refractivity contribution in [3.05, 3.63) is 29.8 Å². The molecule has 0 aromatic heterocycles. The maximum Gasteiger partial charge on any atom is 0.317 e. The van der Waals surface area contributed by atoms with Gasteiger partial charge in [0.2, 0.25) is 5.91 Å². The summed E-state index contributed by atoms with van der Waals surface area (Å²) in [6.07, 6.45) is 2.72. The van der Waals surface area contributed by atoms with Crippen molar-refractivity contribution in [2.45, 2.75) is 24.7 Å². The van der Waals surface area contributed by atoms with Crippen molar-refractivity contribution in [2.24, 2.45) is 11.8 Å². The van der Waals surface area contributed by atoms with Crippen LogP contribution in [0.25, 0.3) is 0 Å². The summed E-state index contributed by atoms with van der Waals surface area (Å²) in [4.78, 5) is 23.9. The second kappa shape index (κ2) is 5.61. The van der Waals surface area contributed by atoms with Gasteiger partial charge in [-0.25, -0.2) is 5.48 Å². The van der Waals surface area contributed by atoms with Crippen LogP contribution in [-0.2, 0) is 19.7 Å². The predicted molar refractivity (Wildman–Crippen MR) is 76.4 cm³/mol. The second-order valence-electron chi connectivity index (χ2n) is 5.98. The number of hydrogen-bond donors (Lipinski definition) is 2. The van der Waals surface area contributed by atoms with E-state index in [2.05, 4.69) is 0 Å². The molecule has 22 heavy (non-hydrogen) atoms. The Balaban J connectivity index is 1.83. The molecule has 2 aliphatic rings. The third-order valence-electron chi connectivity index (χ3n) is 4.47. The Labute approximate surface area is 128 Å². The van der Waals surface area contributed by atoms with Crippen molar-refractivity contribution in [3.63, 3.8) is 0 Å². The van der Waals surface area contributed by atoms with Crippen molar-refractivity contribution in [1.82, 2.24) is 5.48 Å². The molecule has 0 bridgehead atoms. The number of ether oxygens (including phenoxy) is 2. The number of methoxy groups -OCH3 is 1. The molecule has 2 saturated carbocycles. The Morgan fingerprint density at radius 2 is 2.18 bits per heavy atom. The lowest BCUT2D eigenvalue weighted by molar-refractivity contribution is -0.146. The van der Waals surface area contributed by atoms with Gasteiger partial charge in [0.25, 0.3) is 0 Å². The van der Waals surface area contributed by atoms with E-state index in [1.165, 1.54) is 20.0 Å². The number of hydroxylamine groups is 1. The Bertz CT molecular complexity index is 598. The summed E-state index contributed by atoms with van der Waals surface area (Å²) >= 11 is 0. The molecule has 3 rings (SSSR count). The molecule has 1 amide bonds. The van der Waals surface area contributed by atoms with Gasteiger partial charge in [0, 0.05) is 0 Å². The molecule has 0 saturated heterocycles. The normalized spacial score (nSPS) is 26.2. The van der Waals surface area contributed by atoms with Gasteiger partial charge in [0.15, 0.2) is 0 Å². The van der Waals surface area contributed by atoms with E-state index in [4.69, 9.17) is 14.7 Å². The van der Waals surface area contributed by atoms with E-state index >= 15 is 0 Å². The van der Waals surface area contributed by atoms with Crippen LogP contribution in [0.15, 0.2) is 24.3 Å². The number of carbonyl (C=O) groups is 2. The summed E-state index contributed by atoms with van der Waals surface area (Å²) < 4.78 is 10.6. The fourth-order valence-corrected chi connectivity index (χ4v) is 2.86. The van der Waals surface area contributed by atoms with Crippen LogP contribution < -0.4 is 10.2 Å². The molecule has 6 nitrogen and oxygen atoms in total. The van der Waals surface area contributed by atoms with Crippen LogP contribution in [0.4, 0.5) is 0 Å². The third kappa shape index (κ3) is 2.54. The number of rotatable bonds is 6. The minimum absolute atomic E-state index is 0.318. The van der Waals surface area contributed by atoms with E-state index in [1.54, 1.807) is 23.7 Å². The number of carbonyl (C=O) groups excluding carboxylic acids is 2. The van der Waals surface area contributed by atoms with E-state index in [9.17, 15) is 9.59 Å². The molecule has 2 aliphatic carbocycles. The molecular formula is C16H19NO5. The van der Waals surface area contributed by atoms with Gasteiger partial charge in [-0.1, -0.05) is 12.1 Å². The summed E-state index contributed by atoms with van der Waals surface area (Å²) in [5.74, 6) is -0.353. The van der Waals surface area contributed by atoms with Crippen molar-refractivity contribution in [3.8, 4) is 5.75 Å². The summed E-state index contributed by atoms with van der Waals surface area (Å²) in [5.41, 5.74) is 1.27. The molecule has 118 valence electrons. The van der Waals surface area contributed by atoms with Crippen molar-refractivity contribution < 1.29 is 24.3 Å². The lowest BCUT2D eigenvalue weighted by atomic mass is 9.92. The fourth-order valence-electron chi connectivity index (χ4n) is 2.86. The zero-order valence-electron chi connectivity index (χ0n) is 12.4. The summed E-state index contributed by atoms with van der Waals surface area (Å²) in [6, 6.07) is 7.20. The number of benzene rings is 1. The average Bonchev–Trinajstić information content (AvgIpc) is 3.46. The zero-order valence-corrected chi connectivity index (χ0v) is 12.4. The van der Waals surface area contributed by atoms with Crippen LogP contribution in [0.3, 0.4) is 0 Å². The number of hydrogen-bond acceptors (Lipinski definition) is 5. The van der Waals surface area contributed by atoms with Gasteiger partial charge in [-0.05, 0) is 42.9 Å². The van der Waals surface area contributed by atoms with E-state index in [0.717, 1.165) is 0 Å². The van der Waals surface area contributed by atoms with Gasteiger partial charge in [-0.2, -0.15) is 0 Å². The standard InChI is InChI=1S/C16H19NO5/c1-21-15(19)16(8-13(16)14(18)17-20)11-3-2-4-12(7-11)22-9-10-5-6-10/h2-4,7,10,13,20H,5-6,8-9H2,1H3,(H,17,18)/t13-,16-/m0/s1. The van der Waals surface area contributed by atoms with E-state index in [-0.39, 0.29) is 0 Å². The minimum Gasteiger partial charge on any atom is -0.493 e. The first-order valence-electron chi connectivity index (χ1n) is 7.37. The first kappa shape index (κ1) is 14.8. The largest absolute Gasteiger partial charge is 0.493 e. The monoisotopic (exact) mass is 305 g/mol. The minimum atomic E-state index is -1.03. The maximum absolute atomic E-state index is 12.2. The zero-order chi connectivity index (χ0) is 15.7. The summed E-state index contributed by atoms with van der Waals surface area (Å²) in [7, 11) is 1.30. The molecule has 1 aromatic rings. The number of esters is 1. The Kier molecular flexibility index (Phi) is 3.78. The van der Waals surface area contributed by atoms with Gasteiger partial charge < -0.3 is 9.47 Å². The van der Waals surface area contributed by atoms with Gasteiger partial charge in [-0.15, -0.1) is 0 Å². The Hall–Kier alpha value is -2.08. The molecular weight excluding hydrogens is 286 g/mol. The second-order valence-corrected chi connectivity index (χ2v) is 5.98. The van der Waals surface area contributed by atoms with Gasteiger partial charge in [0.1, 0.15) is 11.2 Å². The maximum atomic E-state index is 12.2. The van der Waals surface area contributed by atoms with Crippen LogP contribution in [-0.4, -0.2) is 30.8 Å². The lowest BCUT2D eigenvalue weighted by Crippen LogP contribution is -2.31. The van der Waals surface area contributed by atoms with Crippen molar-refractivity contribution >= 4 is 11.9 Å². The van der Waals surface area contributed by atoms with Gasteiger partial charge in [0.05, 0.1) is 19.6 Å². The topological polar surface area (TPSA) is 84.9 Å². The van der Waals surface area contributed by atoms with E-state index in [0.29, 0.717) is 30.3 Å². The predicted octanol–water partition coefficient (Wildman–Crippen LogP) is 1.41. The smallest absolute Gasteiger partial charge is 0.317 e. The highest BCUT2D eigenvalue weighted by Gasteiger charge is 2.65. The average molecular weight is 305 g/mol. The number of amides is 1. The molecule has 2 atom stereocenters. The molecule has 0 radical (unpaired) electrons. The van der Waals surface area contributed by atoms with Gasteiger partial charge >= 0.3 is 5.97 Å². The van der Waals surface area contributed by atoms with Gasteiger partial charge in [-0.3, -0.25) is 14.8 Å². The SMILES string of the molecule is COC(=O)[C@]1(c2cccc(OCC3CC3)c2)C[C@H]1C(=O)NO. The van der Waals surface area contributed by atoms with Crippen LogP contribution >= 0.6 is 0 Å². The molecule has 6 heteroatoms. The quantitative estimate of drug-likeness (QED) is 0.471. The molecule has 0 unspecified atom stereocenters. The van der Waals surface area contributed by atoms with E-state index < -0.39 is 23.2 Å². The first-order valence-corrected chi connectivity index (χ1v) is 7.37. The first-order chi connectivity index (χ1) is 10.6. The number of nitrogens with one attached hydrogen (secondary N) is 1. The third-order valence-corrected chi connectivity index (χ3v) is 4.47. The van der Waals surface area contributed by atoms with Crippen LogP contribution in [0.2, 0.25) is 0 Å². The molecule has 2 fully saturated rings. The molecule has 0 heterocycles. The van der Waals surface area contributed by atoms with Crippen LogP contribution in [0, 0.1) is 11.8 Å².